The number of halogens is 1. The first-order chi connectivity index (χ1) is 9.56. The third-order valence-corrected chi connectivity index (χ3v) is 3.87. The van der Waals surface area contributed by atoms with Gasteiger partial charge in [-0.15, -0.1) is 0 Å². The molecule has 1 unspecified atom stereocenters. The molecule has 20 heavy (non-hydrogen) atoms. The van der Waals surface area contributed by atoms with E-state index in [1.165, 1.54) is 0 Å². The van der Waals surface area contributed by atoms with Crippen LogP contribution in [0.2, 0.25) is 0 Å². The van der Waals surface area contributed by atoms with E-state index in [1.807, 2.05) is 18.2 Å². The lowest BCUT2D eigenvalue weighted by atomic mass is 10.0. The maximum atomic E-state index is 5.98. The molecule has 0 saturated carbocycles. The van der Waals surface area contributed by atoms with Gasteiger partial charge in [0.05, 0.1) is 23.8 Å². The highest BCUT2D eigenvalue weighted by atomic mass is 79.9. The van der Waals surface area contributed by atoms with Crippen molar-refractivity contribution in [2.24, 2.45) is 12.9 Å². The van der Waals surface area contributed by atoms with Gasteiger partial charge in [-0.1, -0.05) is 6.07 Å². The van der Waals surface area contributed by atoms with Gasteiger partial charge in [0.2, 0.25) is 0 Å². The molecule has 0 amide bonds. The predicted octanol–water partition coefficient (Wildman–Crippen LogP) is 1.52. The summed E-state index contributed by atoms with van der Waals surface area (Å²) in [5.74, 6) is 7.06. The summed E-state index contributed by atoms with van der Waals surface area (Å²) in [4.78, 5) is 0. The highest BCUT2D eigenvalue weighted by molar-refractivity contribution is 9.10. The first-order valence-corrected chi connectivity index (χ1v) is 6.92. The van der Waals surface area contributed by atoms with Crippen LogP contribution in [0.3, 0.4) is 0 Å². The predicted molar refractivity (Wildman–Crippen MR) is 82.1 cm³/mol. The van der Waals surface area contributed by atoms with Crippen molar-refractivity contribution in [1.29, 1.82) is 0 Å². The normalized spacial score (nSPS) is 12.4. The highest BCUT2D eigenvalue weighted by Gasteiger charge is 2.17. The quantitative estimate of drug-likeness (QED) is 0.567. The van der Waals surface area contributed by atoms with Crippen LogP contribution in [0.5, 0.6) is 5.75 Å². The Morgan fingerprint density at radius 1 is 1.50 bits per heavy atom. The van der Waals surface area contributed by atoms with Gasteiger partial charge >= 0.3 is 0 Å². The van der Waals surface area contributed by atoms with Crippen molar-refractivity contribution in [2.45, 2.75) is 12.5 Å². The Bertz CT molecular complexity index is 598. The second-order valence-corrected chi connectivity index (χ2v) is 5.36. The lowest BCUT2D eigenvalue weighted by Gasteiger charge is -2.16. The third kappa shape index (κ3) is 2.95. The summed E-state index contributed by atoms with van der Waals surface area (Å²) in [7, 11) is 3.44. The largest absolute Gasteiger partial charge is 0.496 e. The van der Waals surface area contributed by atoms with Crippen LogP contribution in [0, 0.1) is 0 Å². The molecule has 0 aliphatic rings. The third-order valence-electron chi connectivity index (χ3n) is 3.25. The maximum absolute atomic E-state index is 5.98. The van der Waals surface area contributed by atoms with Gasteiger partial charge in [-0.3, -0.25) is 16.0 Å². The molecule has 0 aliphatic carbocycles. The van der Waals surface area contributed by atoms with Crippen LogP contribution in [0.1, 0.15) is 17.2 Å². The molecule has 1 aromatic heterocycles. The molecule has 5 N–H and O–H groups in total. The SMILES string of the molecule is COc1ccc(CC(NN)c2cnn(C)c2N)cc1Br. The molecule has 1 atom stereocenters. The van der Waals surface area contributed by atoms with Crippen LogP contribution in [0.25, 0.3) is 0 Å². The van der Waals surface area contributed by atoms with Crippen molar-refractivity contribution in [1.82, 2.24) is 15.2 Å². The van der Waals surface area contributed by atoms with E-state index in [9.17, 15) is 0 Å². The summed E-state index contributed by atoms with van der Waals surface area (Å²) in [5.41, 5.74) is 10.8. The van der Waals surface area contributed by atoms with Crippen molar-refractivity contribution >= 4 is 21.7 Å². The standard InChI is InChI=1S/C13H18BrN5O/c1-19-13(15)9(7-17-19)11(18-16)6-8-3-4-12(20-2)10(14)5-8/h3-5,7,11,18H,6,15-16H2,1-2H3. The number of rotatable bonds is 5. The monoisotopic (exact) mass is 339 g/mol. The zero-order valence-corrected chi connectivity index (χ0v) is 13.0. The van der Waals surface area contributed by atoms with Crippen LogP contribution in [-0.4, -0.2) is 16.9 Å². The molecule has 0 radical (unpaired) electrons. The number of methoxy groups -OCH3 is 1. The first-order valence-electron chi connectivity index (χ1n) is 6.12. The van der Waals surface area contributed by atoms with Crippen molar-refractivity contribution in [3.8, 4) is 5.75 Å². The number of ether oxygens (including phenoxy) is 1. The van der Waals surface area contributed by atoms with Gasteiger partial charge in [0.15, 0.2) is 0 Å². The molecular formula is C13H18BrN5O. The van der Waals surface area contributed by atoms with Gasteiger partial charge in [-0.25, -0.2) is 0 Å². The summed E-state index contributed by atoms with van der Waals surface area (Å²) in [5, 5.41) is 4.14. The Morgan fingerprint density at radius 2 is 2.25 bits per heavy atom. The minimum absolute atomic E-state index is 0.0935. The maximum Gasteiger partial charge on any atom is 0.133 e. The number of nitrogens with two attached hydrogens (primary N) is 2. The summed E-state index contributed by atoms with van der Waals surface area (Å²) < 4.78 is 7.76. The van der Waals surface area contributed by atoms with Crippen molar-refractivity contribution < 1.29 is 4.74 Å². The summed E-state index contributed by atoms with van der Waals surface area (Å²) in [6, 6.07) is 5.83. The average molecular weight is 340 g/mol. The van der Waals surface area contributed by atoms with E-state index in [-0.39, 0.29) is 6.04 Å². The Balaban J connectivity index is 2.22. The van der Waals surface area contributed by atoms with Gasteiger partial charge in [0, 0.05) is 12.6 Å². The zero-order valence-electron chi connectivity index (χ0n) is 11.4. The Labute approximate surface area is 126 Å². The van der Waals surface area contributed by atoms with E-state index in [0.717, 1.165) is 21.3 Å². The van der Waals surface area contributed by atoms with Crippen LogP contribution in [-0.2, 0) is 13.5 Å². The van der Waals surface area contributed by atoms with E-state index in [1.54, 1.807) is 25.0 Å². The fourth-order valence-corrected chi connectivity index (χ4v) is 2.65. The summed E-state index contributed by atoms with van der Waals surface area (Å²) >= 11 is 3.48. The number of hydrogen-bond donors (Lipinski definition) is 3. The van der Waals surface area contributed by atoms with E-state index >= 15 is 0 Å². The van der Waals surface area contributed by atoms with Gasteiger partial charge in [0.1, 0.15) is 11.6 Å². The molecule has 6 nitrogen and oxygen atoms in total. The molecule has 0 spiro atoms. The summed E-state index contributed by atoms with van der Waals surface area (Å²) in [6.45, 7) is 0. The number of nitrogens with zero attached hydrogens (tertiary/aromatic N) is 2. The number of nitrogens with one attached hydrogen (secondary N) is 1. The van der Waals surface area contributed by atoms with Crippen LogP contribution >= 0.6 is 15.9 Å². The Kier molecular flexibility index (Phi) is 4.64. The van der Waals surface area contributed by atoms with Crippen LogP contribution in [0.4, 0.5) is 5.82 Å². The molecule has 2 rings (SSSR count). The van der Waals surface area contributed by atoms with Crippen molar-refractivity contribution in [2.75, 3.05) is 12.8 Å². The molecule has 0 saturated heterocycles. The lowest BCUT2D eigenvalue weighted by Crippen LogP contribution is -2.30. The minimum atomic E-state index is -0.0935. The molecule has 0 fully saturated rings. The number of nitrogen functional groups attached to an aromatic ring is 1. The second kappa shape index (κ2) is 6.25. The number of aromatic nitrogens is 2. The Morgan fingerprint density at radius 3 is 2.75 bits per heavy atom. The van der Waals surface area contributed by atoms with Crippen molar-refractivity contribution in [3.63, 3.8) is 0 Å². The number of hydrogen-bond acceptors (Lipinski definition) is 5. The number of anilines is 1. The molecule has 0 bridgehead atoms. The lowest BCUT2D eigenvalue weighted by molar-refractivity contribution is 0.412. The fraction of sp³-hybridized carbons (Fsp3) is 0.308. The van der Waals surface area contributed by atoms with Gasteiger partial charge < -0.3 is 10.5 Å². The average Bonchev–Trinajstić information content (AvgIpc) is 2.77. The molecule has 2 aromatic rings. The topological polar surface area (TPSA) is 91.1 Å². The van der Waals surface area contributed by atoms with E-state index in [2.05, 4.69) is 26.5 Å². The molecule has 108 valence electrons. The second-order valence-electron chi connectivity index (χ2n) is 4.50. The molecule has 0 aliphatic heterocycles. The smallest absolute Gasteiger partial charge is 0.133 e. The van der Waals surface area contributed by atoms with Gasteiger partial charge in [-0.2, -0.15) is 5.10 Å². The number of aryl methyl sites for hydroxylation is 1. The number of hydrazine groups is 1. The first kappa shape index (κ1) is 14.8. The van der Waals surface area contributed by atoms with Crippen LogP contribution in [0.15, 0.2) is 28.9 Å². The molecular weight excluding hydrogens is 322 g/mol. The molecule has 1 aromatic carbocycles. The summed E-state index contributed by atoms with van der Waals surface area (Å²) in [6.07, 6.45) is 2.44. The van der Waals surface area contributed by atoms with Crippen molar-refractivity contribution in [3.05, 3.63) is 40.0 Å². The fourth-order valence-electron chi connectivity index (χ4n) is 2.06. The Hall–Kier alpha value is -1.57. The minimum Gasteiger partial charge on any atom is -0.496 e. The highest BCUT2D eigenvalue weighted by Crippen LogP contribution is 2.28. The zero-order chi connectivity index (χ0) is 14.7. The van der Waals surface area contributed by atoms with Crippen LogP contribution < -0.4 is 21.7 Å². The molecule has 7 heteroatoms. The molecule has 1 heterocycles. The number of benzene rings is 1. The van der Waals surface area contributed by atoms with E-state index in [4.69, 9.17) is 16.3 Å². The van der Waals surface area contributed by atoms with E-state index < -0.39 is 0 Å². The van der Waals surface area contributed by atoms with Gasteiger partial charge in [0.25, 0.3) is 0 Å². The van der Waals surface area contributed by atoms with Gasteiger partial charge in [-0.05, 0) is 40.0 Å². The van der Waals surface area contributed by atoms with E-state index in [0.29, 0.717) is 12.2 Å².